The van der Waals surface area contributed by atoms with Gasteiger partial charge in [0.25, 0.3) is 5.79 Å². The van der Waals surface area contributed by atoms with Crippen LogP contribution in [0.4, 0.5) is 10.1 Å². The van der Waals surface area contributed by atoms with Gasteiger partial charge in [0.05, 0.1) is 39.8 Å². The van der Waals surface area contributed by atoms with E-state index < -0.39 is 23.0 Å². The largest absolute Gasteiger partial charge is 0.478 e. The molecule has 1 N–H and O–H groups in total. The third-order valence-electron chi connectivity index (χ3n) is 9.79. The molecule has 8 rings (SSSR count). The summed E-state index contributed by atoms with van der Waals surface area (Å²) in [5, 5.41) is 20.0. The predicted molar refractivity (Wildman–Crippen MR) is 163 cm³/mol. The van der Waals surface area contributed by atoms with Crippen LogP contribution in [0.1, 0.15) is 54.5 Å². The van der Waals surface area contributed by atoms with Gasteiger partial charge in [-0.2, -0.15) is 5.26 Å². The van der Waals surface area contributed by atoms with Crippen molar-refractivity contribution in [2.45, 2.75) is 63.6 Å². The summed E-state index contributed by atoms with van der Waals surface area (Å²) in [5.41, 5.74) is 1.50. The average molecular weight is 629 g/mol. The Morgan fingerprint density at radius 2 is 2.00 bits per heavy atom. The number of halogens is 2. The standard InChI is InChI=1S/C33H30ClFN6O4/c1-32(27-8-5-20(34)15-37-27)44-26-4-2-3-24(30(26)45-32)40-12-11-39(22-6-7-23(22)40)16-28-38-29-21(35)13-19(31(42)43)14-25(29)41(28)18-33(17-36)9-10-33/h2-5,8,13-15,22-23H,6-7,9-12,16,18H2,1H3,(H,42,43)/t22-,23-,32+/m1/s1. The molecule has 1 saturated heterocycles. The number of rotatable bonds is 7. The van der Waals surface area contributed by atoms with Gasteiger partial charge in [-0.15, -0.1) is 0 Å². The Kier molecular flexibility index (Phi) is 6.28. The number of carboxylic acids is 1. The summed E-state index contributed by atoms with van der Waals surface area (Å²) in [7, 11) is 0. The van der Waals surface area contributed by atoms with Crippen LogP contribution in [0, 0.1) is 22.6 Å². The fraction of sp³-hybridized carbons (Fsp3) is 0.394. The number of anilines is 1. The number of carbonyl (C=O) groups is 1. The molecule has 45 heavy (non-hydrogen) atoms. The topological polar surface area (TPSA) is 117 Å². The predicted octanol–water partition coefficient (Wildman–Crippen LogP) is 5.72. The molecule has 0 bridgehead atoms. The van der Waals surface area contributed by atoms with Crippen LogP contribution in [-0.4, -0.2) is 55.7 Å². The number of aromatic nitrogens is 3. The number of ether oxygens (including phenoxy) is 2. The number of para-hydroxylation sites is 1. The highest BCUT2D eigenvalue weighted by molar-refractivity contribution is 6.30. The third kappa shape index (κ3) is 4.58. The number of carboxylic acid groups (broad SMARTS) is 1. The molecule has 0 spiro atoms. The van der Waals surface area contributed by atoms with E-state index in [2.05, 4.69) is 26.9 Å². The number of imidazole rings is 1. The monoisotopic (exact) mass is 628 g/mol. The first-order valence-corrected chi connectivity index (χ1v) is 15.5. The average Bonchev–Trinajstić information content (AvgIpc) is 3.57. The smallest absolute Gasteiger partial charge is 0.335 e. The van der Waals surface area contributed by atoms with Crippen molar-refractivity contribution >= 4 is 34.3 Å². The fourth-order valence-electron chi connectivity index (χ4n) is 7.00. The van der Waals surface area contributed by atoms with Crippen molar-refractivity contribution in [3.63, 3.8) is 0 Å². The van der Waals surface area contributed by atoms with E-state index in [1.54, 1.807) is 18.3 Å². The molecular formula is C33H30ClFN6O4. The summed E-state index contributed by atoms with van der Waals surface area (Å²) in [6, 6.07) is 14.9. The van der Waals surface area contributed by atoms with E-state index in [1.165, 1.54) is 6.07 Å². The molecule has 2 aliphatic carbocycles. The lowest BCUT2D eigenvalue weighted by Crippen LogP contribution is -2.64. The number of nitrogens with zero attached hydrogens (tertiary/aromatic N) is 6. The van der Waals surface area contributed by atoms with Gasteiger partial charge in [-0.3, -0.25) is 9.88 Å². The zero-order chi connectivity index (χ0) is 31.1. The Hall–Kier alpha value is -4.40. The summed E-state index contributed by atoms with van der Waals surface area (Å²) in [4.78, 5) is 25.6. The highest BCUT2D eigenvalue weighted by atomic mass is 35.5. The van der Waals surface area contributed by atoms with Gasteiger partial charge in [-0.25, -0.2) is 14.2 Å². The van der Waals surface area contributed by atoms with Gasteiger partial charge < -0.3 is 24.0 Å². The van der Waals surface area contributed by atoms with Gasteiger partial charge in [-0.1, -0.05) is 17.7 Å². The van der Waals surface area contributed by atoms with Gasteiger partial charge >= 0.3 is 5.97 Å². The minimum Gasteiger partial charge on any atom is -0.478 e. The molecule has 4 heterocycles. The van der Waals surface area contributed by atoms with E-state index in [9.17, 15) is 15.2 Å². The lowest BCUT2D eigenvalue weighted by atomic mass is 9.81. The number of hydrogen-bond donors (Lipinski definition) is 1. The first-order valence-electron chi connectivity index (χ1n) is 15.1. The van der Waals surface area contributed by atoms with Crippen molar-refractivity contribution in [3.05, 3.63) is 76.6 Å². The molecule has 10 nitrogen and oxygen atoms in total. The molecule has 230 valence electrons. The summed E-state index contributed by atoms with van der Waals surface area (Å²) in [6.45, 7) is 4.15. The second-order valence-electron chi connectivity index (χ2n) is 12.6. The molecule has 2 saturated carbocycles. The first-order chi connectivity index (χ1) is 21.7. The Balaban J connectivity index is 1.07. The van der Waals surface area contributed by atoms with Gasteiger partial charge in [0.2, 0.25) is 0 Å². The van der Waals surface area contributed by atoms with Crippen LogP contribution < -0.4 is 14.4 Å². The molecule has 0 unspecified atom stereocenters. The highest BCUT2D eigenvalue weighted by Gasteiger charge is 2.48. The minimum atomic E-state index is -1.20. The van der Waals surface area contributed by atoms with Gasteiger partial charge in [0.1, 0.15) is 17.0 Å². The van der Waals surface area contributed by atoms with Gasteiger partial charge in [0.15, 0.2) is 17.3 Å². The van der Waals surface area contributed by atoms with Crippen molar-refractivity contribution in [2.75, 3.05) is 18.0 Å². The van der Waals surface area contributed by atoms with Crippen molar-refractivity contribution in [1.82, 2.24) is 19.4 Å². The van der Waals surface area contributed by atoms with E-state index in [1.807, 2.05) is 23.6 Å². The van der Waals surface area contributed by atoms with Gasteiger partial charge in [-0.05, 0) is 62.1 Å². The molecular weight excluding hydrogens is 599 g/mol. The summed E-state index contributed by atoms with van der Waals surface area (Å²) in [6.07, 6.45) is 5.10. The molecule has 12 heteroatoms. The quantitative estimate of drug-likeness (QED) is 0.274. The fourth-order valence-corrected chi connectivity index (χ4v) is 7.11. The zero-order valence-electron chi connectivity index (χ0n) is 24.5. The lowest BCUT2D eigenvalue weighted by molar-refractivity contribution is -0.0717. The van der Waals surface area contributed by atoms with Gasteiger partial charge in [0, 0.05) is 44.8 Å². The van der Waals surface area contributed by atoms with Crippen LogP contribution in [0.15, 0.2) is 48.7 Å². The first kappa shape index (κ1) is 28.1. The molecule has 2 aromatic heterocycles. The molecule has 3 atom stereocenters. The van der Waals surface area contributed by atoms with Crippen molar-refractivity contribution < 1.29 is 23.8 Å². The van der Waals surface area contributed by atoms with Crippen LogP contribution in [0.2, 0.25) is 5.02 Å². The minimum absolute atomic E-state index is 0.133. The normalized spacial score (nSPS) is 24.6. The Morgan fingerprint density at radius 3 is 2.69 bits per heavy atom. The number of benzene rings is 2. The molecule has 4 aromatic rings. The molecule has 2 aromatic carbocycles. The van der Waals surface area contributed by atoms with E-state index in [-0.39, 0.29) is 23.2 Å². The summed E-state index contributed by atoms with van der Waals surface area (Å²) in [5.74, 6) is -0.955. The van der Waals surface area contributed by atoms with Crippen LogP contribution in [0.5, 0.6) is 11.5 Å². The molecule has 3 fully saturated rings. The number of aromatic carboxylic acids is 1. The molecule has 2 aliphatic heterocycles. The van der Waals surface area contributed by atoms with Crippen LogP contribution in [-0.2, 0) is 18.9 Å². The lowest BCUT2D eigenvalue weighted by Gasteiger charge is -2.54. The Labute approximate surface area is 263 Å². The maximum absolute atomic E-state index is 15.1. The van der Waals surface area contributed by atoms with E-state index >= 15 is 4.39 Å². The molecule has 4 aliphatic rings. The number of pyridine rings is 1. The van der Waals surface area contributed by atoms with Crippen molar-refractivity contribution in [2.24, 2.45) is 5.41 Å². The van der Waals surface area contributed by atoms with Crippen molar-refractivity contribution in [1.29, 1.82) is 5.26 Å². The SMILES string of the molecule is C[C@]1(c2ccc(Cl)cn2)Oc2cccc(N3CCN(Cc4nc5c(F)cc(C(=O)O)cc5n4CC4(C#N)CC4)[C@@H]4CC[C@H]43)c2O1. The van der Waals surface area contributed by atoms with E-state index in [0.717, 1.165) is 50.5 Å². The third-order valence-corrected chi connectivity index (χ3v) is 10.0. The summed E-state index contributed by atoms with van der Waals surface area (Å²) >= 11 is 6.06. The summed E-state index contributed by atoms with van der Waals surface area (Å²) < 4.78 is 29.8. The van der Waals surface area contributed by atoms with Crippen LogP contribution >= 0.6 is 11.6 Å². The van der Waals surface area contributed by atoms with Crippen molar-refractivity contribution in [3.8, 4) is 17.6 Å². The molecule has 0 radical (unpaired) electrons. The highest BCUT2D eigenvalue weighted by Crippen LogP contribution is 2.51. The maximum Gasteiger partial charge on any atom is 0.335 e. The zero-order valence-corrected chi connectivity index (χ0v) is 25.3. The second kappa shape index (κ2) is 10.1. The Morgan fingerprint density at radius 1 is 1.18 bits per heavy atom. The maximum atomic E-state index is 15.1. The second-order valence-corrected chi connectivity index (χ2v) is 13.1. The molecule has 0 amide bonds. The number of hydrogen-bond acceptors (Lipinski definition) is 8. The van der Waals surface area contributed by atoms with Crippen LogP contribution in [0.3, 0.4) is 0 Å². The van der Waals surface area contributed by atoms with Crippen LogP contribution in [0.25, 0.3) is 11.0 Å². The number of piperazine rings is 1. The number of nitriles is 1. The van der Waals surface area contributed by atoms with E-state index in [0.29, 0.717) is 46.6 Å². The van der Waals surface area contributed by atoms with E-state index in [4.69, 9.17) is 26.1 Å². The Bertz CT molecular complexity index is 1900. The number of fused-ring (bicyclic) bond motifs is 3.